The summed E-state index contributed by atoms with van der Waals surface area (Å²) in [5.74, 6) is 0.0202. The van der Waals surface area contributed by atoms with Crippen LogP contribution in [0.2, 0.25) is 0 Å². The highest BCUT2D eigenvalue weighted by molar-refractivity contribution is 5.87. The van der Waals surface area contributed by atoms with E-state index < -0.39 is 0 Å². The quantitative estimate of drug-likeness (QED) is 0.703. The molecule has 1 amide bonds. The van der Waals surface area contributed by atoms with E-state index in [0.29, 0.717) is 17.8 Å². The molecule has 0 aliphatic carbocycles. The van der Waals surface area contributed by atoms with E-state index in [2.05, 4.69) is 44.4 Å². The van der Waals surface area contributed by atoms with Crippen LogP contribution in [0.1, 0.15) is 69.7 Å². The van der Waals surface area contributed by atoms with E-state index in [1.54, 1.807) is 0 Å². The minimum Gasteiger partial charge on any atom is -0.398 e. The van der Waals surface area contributed by atoms with Crippen LogP contribution in [0.15, 0.2) is 48.5 Å². The number of hydrogen-bond donors (Lipinski definition) is 3. The third-order valence-electron chi connectivity index (χ3n) is 4.67. The Hall–Kier alpha value is -2.33. The van der Waals surface area contributed by atoms with Crippen LogP contribution in [0.5, 0.6) is 0 Å². The number of nitrogen functional groups attached to an aromatic ring is 1. The van der Waals surface area contributed by atoms with E-state index >= 15 is 0 Å². The van der Waals surface area contributed by atoms with Gasteiger partial charge in [-0.2, -0.15) is 0 Å². The Bertz CT molecular complexity index is 749. The summed E-state index contributed by atoms with van der Waals surface area (Å²) in [6, 6.07) is 16.9. The molecule has 0 fully saturated rings. The highest BCUT2D eigenvalue weighted by atomic mass is 16.2. The van der Waals surface area contributed by atoms with E-state index in [1.807, 2.05) is 49.4 Å². The first-order valence-corrected chi connectivity index (χ1v) is 9.84. The molecule has 0 bridgehead atoms. The van der Waals surface area contributed by atoms with E-state index in [1.165, 1.54) is 0 Å². The summed E-state index contributed by atoms with van der Waals surface area (Å²) >= 11 is 0. The fourth-order valence-corrected chi connectivity index (χ4v) is 3.64. The lowest BCUT2D eigenvalue weighted by Gasteiger charge is -2.32. The molecular weight excluding hydrogens is 334 g/mol. The maximum Gasteiger partial charge on any atom is 0.228 e. The van der Waals surface area contributed by atoms with E-state index in [9.17, 15) is 4.79 Å². The van der Waals surface area contributed by atoms with Crippen molar-refractivity contribution in [3.63, 3.8) is 0 Å². The van der Waals surface area contributed by atoms with Gasteiger partial charge in [0.05, 0.1) is 12.0 Å². The van der Waals surface area contributed by atoms with Gasteiger partial charge in [0.1, 0.15) is 0 Å². The predicted molar refractivity (Wildman–Crippen MR) is 114 cm³/mol. The number of nitrogens with one attached hydrogen (secondary N) is 2. The maximum absolute atomic E-state index is 12.3. The molecule has 4 nitrogen and oxygen atoms in total. The van der Waals surface area contributed by atoms with Crippen LogP contribution in [0, 0.1) is 0 Å². The van der Waals surface area contributed by atoms with Crippen molar-refractivity contribution in [1.82, 2.24) is 10.6 Å². The Kier molecular flexibility index (Phi) is 7.43. The van der Waals surface area contributed by atoms with Gasteiger partial charge in [-0.05, 0) is 23.6 Å². The van der Waals surface area contributed by atoms with Crippen LogP contribution in [-0.4, -0.2) is 18.0 Å². The zero-order valence-electron chi connectivity index (χ0n) is 17.1. The van der Waals surface area contributed by atoms with Gasteiger partial charge < -0.3 is 16.4 Å². The minimum absolute atomic E-state index is 0.0626. The molecule has 1 aliphatic rings. The lowest BCUT2D eigenvalue weighted by atomic mass is 9.82. The van der Waals surface area contributed by atoms with E-state index in [4.69, 9.17) is 5.73 Å². The number of amides is 1. The number of carbonyl (C=O) groups excluding carboxylic acids is 1. The number of fused-ring (bicyclic) bond motifs is 1. The van der Waals surface area contributed by atoms with Gasteiger partial charge in [0, 0.05) is 23.3 Å². The Morgan fingerprint density at radius 3 is 1.93 bits per heavy atom. The number of benzene rings is 2. The summed E-state index contributed by atoms with van der Waals surface area (Å²) in [5, 5.41) is 6.42. The normalized spacial score (nSPS) is 18.6. The Morgan fingerprint density at radius 2 is 1.44 bits per heavy atom. The number of hydrogen-bond acceptors (Lipinski definition) is 3. The summed E-state index contributed by atoms with van der Waals surface area (Å²) in [5.41, 5.74) is 10.0. The first-order valence-electron chi connectivity index (χ1n) is 9.84. The number of para-hydroxylation sites is 1. The number of anilines is 1. The van der Waals surface area contributed by atoms with Crippen LogP contribution < -0.4 is 16.4 Å². The van der Waals surface area contributed by atoms with Crippen molar-refractivity contribution in [2.24, 2.45) is 0 Å². The number of carbonyl (C=O) groups is 1. The Labute approximate surface area is 163 Å². The van der Waals surface area contributed by atoms with Gasteiger partial charge in [-0.15, -0.1) is 0 Å². The van der Waals surface area contributed by atoms with Crippen molar-refractivity contribution in [2.45, 2.75) is 65.1 Å². The topological polar surface area (TPSA) is 67.2 Å². The molecular formula is C23H33N3O. The highest BCUT2D eigenvalue weighted by Gasteiger charge is 2.33. The smallest absolute Gasteiger partial charge is 0.228 e. The van der Waals surface area contributed by atoms with Gasteiger partial charge in [-0.3, -0.25) is 4.79 Å². The predicted octanol–water partition coefficient (Wildman–Crippen LogP) is 4.37. The van der Waals surface area contributed by atoms with Crippen LogP contribution in [0.3, 0.4) is 0 Å². The molecule has 2 unspecified atom stereocenters. The van der Waals surface area contributed by atoms with Gasteiger partial charge in [-0.25, -0.2) is 0 Å². The van der Waals surface area contributed by atoms with Crippen molar-refractivity contribution in [1.29, 1.82) is 0 Å². The van der Waals surface area contributed by atoms with Crippen molar-refractivity contribution in [2.75, 3.05) is 5.73 Å². The summed E-state index contributed by atoms with van der Waals surface area (Å²) < 4.78 is 0. The molecule has 0 radical (unpaired) electrons. The van der Waals surface area contributed by atoms with Crippen LogP contribution in [0.4, 0.5) is 5.69 Å². The summed E-state index contributed by atoms with van der Waals surface area (Å²) in [6.07, 6.45) is 0.805. The first-order chi connectivity index (χ1) is 12.8. The van der Waals surface area contributed by atoms with Crippen LogP contribution >= 0.6 is 0 Å². The van der Waals surface area contributed by atoms with Crippen LogP contribution in [-0.2, 0) is 4.79 Å². The zero-order valence-corrected chi connectivity index (χ0v) is 17.1. The average Bonchev–Trinajstić information content (AvgIpc) is 2.61. The second kappa shape index (κ2) is 9.56. The van der Waals surface area contributed by atoms with Gasteiger partial charge in [-0.1, -0.05) is 77.1 Å². The molecule has 1 aliphatic heterocycles. The zero-order chi connectivity index (χ0) is 20.0. The monoisotopic (exact) mass is 367 g/mol. The molecule has 0 saturated heterocycles. The molecule has 2 atom stereocenters. The molecule has 4 heteroatoms. The molecule has 2 aromatic rings. The fourth-order valence-electron chi connectivity index (χ4n) is 3.64. The molecule has 2 aromatic carbocycles. The first kappa shape index (κ1) is 21.0. The Morgan fingerprint density at radius 1 is 0.926 bits per heavy atom. The second-order valence-electron chi connectivity index (χ2n) is 7.64. The summed E-state index contributed by atoms with van der Waals surface area (Å²) in [6.45, 7) is 10.7. The molecule has 146 valence electrons. The summed E-state index contributed by atoms with van der Waals surface area (Å²) in [4.78, 5) is 12.3. The van der Waals surface area contributed by atoms with Gasteiger partial charge in [0.2, 0.25) is 5.91 Å². The summed E-state index contributed by atoms with van der Waals surface area (Å²) in [7, 11) is 0. The van der Waals surface area contributed by atoms with Gasteiger partial charge >= 0.3 is 0 Å². The maximum atomic E-state index is 12.3. The third kappa shape index (κ3) is 5.33. The highest BCUT2D eigenvalue weighted by Crippen LogP contribution is 2.37. The Balaban J connectivity index is 0.000000321. The third-order valence-corrected chi connectivity index (χ3v) is 4.67. The van der Waals surface area contributed by atoms with Crippen molar-refractivity contribution < 1.29 is 4.79 Å². The molecule has 1 heterocycles. The van der Waals surface area contributed by atoms with Crippen molar-refractivity contribution in [3.8, 4) is 0 Å². The SMILES string of the molecule is CC(C)NC(C)C.CCC1C(=O)NC(c2ccccc2N)c2ccccc21. The van der Waals surface area contributed by atoms with Crippen LogP contribution in [0.25, 0.3) is 0 Å². The number of rotatable bonds is 4. The minimum atomic E-state index is -0.150. The van der Waals surface area contributed by atoms with Gasteiger partial charge in [0.15, 0.2) is 0 Å². The lowest BCUT2D eigenvalue weighted by Crippen LogP contribution is -2.39. The molecule has 0 aromatic heterocycles. The second-order valence-corrected chi connectivity index (χ2v) is 7.64. The van der Waals surface area contributed by atoms with E-state index in [0.717, 1.165) is 23.1 Å². The molecule has 4 N–H and O–H groups in total. The van der Waals surface area contributed by atoms with Crippen molar-refractivity contribution >= 4 is 11.6 Å². The molecule has 0 spiro atoms. The van der Waals surface area contributed by atoms with Gasteiger partial charge in [0.25, 0.3) is 0 Å². The fraction of sp³-hybridized carbons (Fsp3) is 0.435. The molecule has 0 saturated carbocycles. The average molecular weight is 368 g/mol. The lowest BCUT2D eigenvalue weighted by molar-refractivity contribution is -0.123. The molecule has 27 heavy (non-hydrogen) atoms. The standard InChI is InChI=1S/C17H18N2O.C6H15N/c1-2-11-12-7-3-4-8-13(12)16(19-17(11)20)14-9-5-6-10-15(14)18;1-5(2)7-6(3)4/h3-11,16H,2,18H2,1H3,(H,19,20);5-7H,1-4H3. The molecule has 3 rings (SSSR count). The number of nitrogens with two attached hydrogens (primary N) is 1. The van der Waals surface area contributed by atoms with Crippen molar-refractivity contribution in [3.05, 3.63) is 65.2 Å². The van der Waals surface area contributed by atoms with E-state index in [-0.39, 0.29) is 17.9 Å². The largest absolute Gasteiger partial charge is 0.398 e.